The van der Waals surface area contributed by atoms with E-state index in [4.69, 9.17) is 9.15 Å². The summed E-state index contributed by atoms with van der Waals surface area (Å²) in [5.74, 6) is 0.811. The van der Waals surface area contributed by atoms with Gasteiger partial charge in [-0.3, -0.25) is 0 Å². The number of anilines is 1. The van der Waals surface area contributed by atoms with E-state index in [1.54, 1.807) is 12.1 Å². The van der Waals surface area contributed by atoms with Gasteiger partial charge in [0.2, 0.25) is 5.89 Å². The molecule has 1 heterocycles. The monoisotopic (exact) mass is 364 g/mol. The number of hydrogen-bond acceptors (Lipinski definition) is 5. The lowest BCUT2D eigenvalue weighted by atomic mass is 10.2. The standard InChI is InChI=1S/C22H24N2O3/c1-4-24(5-2)19-13-11-18(12-14-19)22(25)26-15-20-16(3)27-21(23-20)17-9-7-6-8-10-17/h6-14H,4-5,15H2,1-3H3. The van der Waals surface area contributed by atoms with Crippen molar-refractivity contribution in [3.8, 4) is 11.5 Å². The second kappa shape index (κ2) is 8.54. The maximum Gasteiger partial charge on any atom is 0.338 e. The van der Waals surface area contributed by atoms with E-state index in [1.165, 1.54) is 0 Å². The lowest BCUT2D eigenvalue weighted by Gasteiger charge is -2.20. The highest BCUT2D eigenvalue weighted by Crippen LogP contribution is 2.22. The van der Waals surface area contributed by atoms with Crippen molar-refractivity contribution >= 4 is 11.7 Å². The Morgan fingerprint density at radius 1 is 1.04 bits per heavy atom. The molecule has 5 heteroatoms. The Bertz CT molecular complexity index is 882. The van der Waals surface area contributed by atoms with Crippen molar-refractivity contribution in [3.63, 3.8) is 0 Å². The molecule has 0 radical (unpaired) electrons. The van der Waals surface area contributed by atoms with Crippen LogP contribution >= 0.6 is 0 Å². The van der Waals surface area contributed by atoms with Gasteiger partial charge in [-0.25, -0.2) is 9.78 Å². The average molecular weight is 364 g/mol. The minimum atomic E-state index is -0.371. The van der Waals surface area contributed by atoms with E-state index in [0.29, 0.717) is 22.9 Å². The molecular weight excluding hydrogens is 340 g/mol. The lowest BCUT2D eigenvalue weighted by molar-refractivity contribution is 0.0467. The SMILES string of the molecule is CCN(CC)c1ccc(C(=O)OCc2nc(-c3ccccc3)oc2C)cc1. The number of hydrogen-bond donors (Lipinski definition) is 0. The number of nitrogens with zero attached hydrogens (tertiary/aromatic N) is 2. The first-order valence-electron chi connectivity index (χ1n) is 9.16. The van der Waals surface area contributed by atoms with Crippen molar-refractivity contribution in [1.82, 2.24) is 4.98 Å². The Morgan fingerprint density at radius 3 is 2.33 bits per heavy atom. The summed E-state index contributed by atoms with van der Waals surface area (Å²) in [5.41, 5.74) is 3.14. The zero-order valence-corrected chi connectivity index (χ0v) is 15.9. The molecule has 0 unspecified atom stereocenters. The minimum Gasteiger partial charge on any atom is -0.455 e. The first-order chi connectivity index (χ1) is 13.1. The van der Waals surface area contributed by atoms with Crippen LogP contribution in [0.15, 0.2) is 59.0 Å². The lowest BCUT2D eigenvalue weighted by Crippen LogP contribution is -2.21. The van der Waals surface area contributed by atoms with Crippen LogP contribution in [0.3, 0.4) is 0 Å². The van der Waals surface area contributed by atoms with Crippen LogP contribution in [0, 0.1) is 6.92 Å². The average Bonchev–Trinajstić information content (AvgIpc) is 3.09. The molecule has 5 nitrogen and oxygen atoms in total. The van der Waals surface area contributed by atoms with Gasteiger partial charge in [0.25, 0.3) is 0 Å². The molecule has 3 aromatic rings. The van der Waals surface area contributed by atoms with Crippen LogP contribution in [0.5, 0.6) is 0 Å². The second-order valence-corrected chi connectivity index (χ2v) is 6.18. The Hall–Kier alpha value is -3.08. The summed E-state index contributed by atoms with van der Waals surface area (Å²) < 4.78 is 11.1. The van der Waals surface area contributed by atoms with Crippen LogP contribution in [0.1, 0.15) is 35.7 Å². The smallest absolute Gasteiger partial charge is 0.338 e. The molecule has 0 fully saturated rings. The highest BCUT2D eigenvalue weighted by molar-refractivity contribution is 5.89. The fraction of sp³-hybridized carbons (Fsp3) is 0.273. The molecule has 0 bridgehead atoms. The predicted octanol–water partition coefficient (Wildman–Crippen LogP) is 4.85. The number of ether oxygens (including phenoxy) is 1. The van der Waals surface area contributed by atoms with Crippen LogP contribution in [0.2, 0.25) is 0 Å². The van der Waals surface area contributed by atoms with Gasteiger partial charge in [0.15, 0.2) is 0 Å². The van der Waals surface area contributed by atoms with Gasteiger partial charge in [0, 0.05) is 24.3 Å². The van der Waals surface area contributed by atoms with Crippen LogP contribution in [0.25, 0.3) is 11.5 Å². The first kappa shape index (κ1) is 18.7. The molecule has 2 aromatic carbocycles. The summed E-state index contributed by atoms with van der Waals surface area (Å²) in [6.07, 6.45) is 0. The van der Waals surface area contributed by atoms with Gasteiger partial charge >= 0.3 is 5.97 Å². The summed E-state index contributed by atoms with van der Waals surface area (Å²) in [5, 5.41) is 0. The normalized spacial score (nSPS) is 10.6. The molecule has 3 rings (SSSR count). The molecule has 0 atom stereocenters. The highest BCUT2D eigenvalue weighted by atomic mass is 16.5. The molecule has 0 aliphatic heterocycles. The highest BCUT2D eigenvalue weighted by Gasteiger charge is 2.14. The number of esters is 1. The summed E-state index contributed by atoms with van der Waals surface area (Å²) in [7, 11) is 0. The van der Waals surface area contributed by atoms with Gasteiger partial charge in [0.1, 0.15) is 18.1 Å². The number of rotatable bonds is 7. The number of aryl methyl sites for hydroxylation is 1. The fourth-order valence-corrected chi connectivity index (χ4v) is 2.88. The van der Waals surface area contributed by atoms with Gasteiger partial charge in [-0.1, -0.05) is 18.2 Å². The molecule has 0 aliphatic rings. The molecule has 0 saturated heterocycles. The van der Waals surface area contributed by atoms with Gasteiger partial charge in [-0.15, -0.1) is 0 Å². The molecule has 140 valence electrons. The van der Waals surface area contributed by atoms with Crippen molar-refractivity contribution in [1.29, 1.82) is 0 Å². The maximum atomic E-state index is 12.3. The Labute approximate surface area is 159 Å². The van der Waals surface area contributed by atoms with Gasteiger partial charge in [-0.2, -0.15) is 0 Å². The molecule has 27 heavy (non-hydrogen) atoms. The first-order valence-corrected chi connectivity index (χ1v) is 9.16. The predicted molar refractivity (Wildman–Crippen MR) is 106 cm³/mol. The Balaban J connectivity index is 1.65. The Kier molecular flexibility index (Phi) is 5.91. The van der Waals surface area contributed by atoms with Crippen LogP contribution in [0.4, 0.5) is 5.69 Å². The van der Waals surface area contributed by atoms with E-state index >= 15 is 0 Å². The van der Waals surface area contributed by atoms with Crippen molar-refractivity contribution in [2.75, 3.05) is 18.0 Å². The molecule has 1 aromatic heterocycles. The van der Waals surface area contributed by atoms with Crippen molar-refractivity contribution in [3.05, 3.63) is 71.6 Å². The van der Waals surface area contributed by atoms with E-state index in [1.807, 2.05) is 49.4 Å². The largest absolute Gasteiger partial charge is 0.455 e. The summed E-state index contributed by atoms with van der Waals surface area (Å²) in [6.45, 7) is 7.97. The van der Waals surface area contributed by atoms with Gasteiger partial charge < -0.3 is 14.1 Å². The number of oxazole rings is 1. The zero-order chi connectivity index (χ0) is 19.2. The third-order valence-electron chi connectivity index (χ3n) is 4.48. The van der Waals surface area contributed by atoms with Crippen molar-refractivity contribution < 1.29 is 13.9 Å². The summed E-state index contributed by atoms with van der Waals surface area (Å²) in [6, 6.07) is 17.1. The van der Waals surface area contributed by atoms with E-state index in [0.717, 1.165) is 24.3 Å². The van der Waals surface area contributed by atoms with Crippen LogP contribution < -0.4 is 4.90 Å². The summed E-state index contributed by atoms with van der Waals surface area (Å²) in [4.78, 5) is 19.0. The number of benzene rings is 2. The third-order valence-corrected chi connectivity index (χ3v) is 4.48. The number of aromatic nitrogens is 1. The summed E-state index contributed by atoms with van der Waals surface area (Å²) >= 11 is 0. The zero-order valence-electron chi connectivity index (χ0n) is 15.9. The van der Waals surface area contributed by atoms with Gasteiger partial charge in [-0.05, 0) is 57.2 Å². The third kappa shape index (κ3) is 4.37. The number of carbonyl (C=O) groups is 1. The molecular formula is C22H24N2O3. The molecule has 0 spiro atoms. The molecule has 0 N–H and O–H groups in total. The van der Waals surface area contributed by atoms with E-state index in [9.17, 15) is 4.79 Å². The number of carbonyl (C=O) groups excluding carboxylic acids is 1. The van der Waals surface area contributed by atoms with E-state index in [-0.39, 0.29) is 12.6 Å². The Morgan fingerprint density at radius 2 is 1.70 bits per heavy atom. The van der Waals surface area contributed by atoms with Gasteiger partial charge in [0.05, 0.1) is 5.56 Å². The molecule has 0 amide bonds. The van der Waals surface area contributed by atoms with Crippen molar-refractivity contribution in [2.24, 2.45) is 0 Å². The molecule has 0 saturated carbocycles. The van der Waals surface area contributed by atoms with Crippen LogP contribution in [-0.2, 0) is 11.3 Å². The van der Waals surface area contributed by atoms with Crippen molar-refractivity contribution in [2.45, 2.75) is 27.4 Å². The van der Waals surface area contributed by atoms with E-state index < -0.39 is 0 Å². The second-order valence-electron chi connectivity index (χ2n) is 6.18. The van der Waals surface area contributed by atoms with Crippen LogP contribution in [-0.4, -0.2) is 24.0 Å². The molecule has 0 aliphatic carbocycles. The fourth-order valence-electron chi connectivity index (χ4n) is 2.88. The quantitative estimate of drug-likeness (QED) is 0.561. The van der Waals surface area contributed by atoms with E-state index in [2.05, 4.69) is 23.7 Å². The minimum absolute atomic E-state index is 0.0821. The topological polar surface area (TPSA) is 55.6 Å². The maximum absolute atomic E-state index is 12.3.